The predicted molar refractivity (Wildman–Crippen MR) is 128 cm³/mol. The normalized spacial score (nSPS) is 17.8. The standard InChI is InChI=1S/C24H28N4O5S/c1-27(20(17-6-3-2-4-7-17)15-28-13-11-18(29)14-28)34(31,32)22-10-9-21(33-16-23(25)30)19-8-5-12-26-24(19)22/h2-10,12,18,20,29H,11,13-16H2,1H3,(H2,25,30)/t18-,20+/m0/s1. The first kappa shape index (κ1) is 24.1. The van der Waals surface area contributed by atoms with Gasteiger partial charge in [-0.15, -0.1) is 0 Å². The summed E-state index contributed by atoms with van der Waals surface area (Å²) in [4.78, 5) is 17.6. The van der Waals surface area contributed by atoms with Crippen LogP contribution in [-0.4, -0.2) is 73.0 Å². The number of primary amides is 1. The van der Waals surface area contributed by atoms with E-state index < -0.39 is 28.1 Å². The second-order valence-corrected chi connectivity index (χ2v) is 10.3. The maximum absolute atomic E-state index is 13.9. The van der Waals surface area contributed by atoms with Crippen LogP contribution >= 0.6 is 0 Å². The van der Waals surface area contributed by atoms with Gasteiger partial charge in [0.2, 0.25) is 10.0 Å². The molecule has 2 atom stereocenters. The highest BCUT2D eigenvalue weighted by molar-refractivity contribution is 7.89. The maximum atomic E-state index is 13.9. The molecule has 1 aliphatic heterocycles. The topological polar surface area (TPSA) is 126 Å². The number of benzene rings is 2. The third-order valence-electron chi connectivity index (χ3n) is 6.02. The fourth-order valence-corrected chi connectivity index (χ4v) is 5.73. The minimum atomic E-state index is -3.98. The van der Waals surface area contributed by atoms with Crippen LogP contribution in [0.3, 0.4) is 0 Å². The number of hydrogen-bond acceptors (Lipinski definition) is 7. The van der Waals surface area contributed by atoms with Crippen LogP contribution in [0.4, 0.5) is 0 Å². The second kappa shape index (κ2) is 10.1. The average molecular weight is 485 g/mol. The zero-order chi connectivity index (χ0) is 24.3. The number of β-amino-alcohol motifs (C(OH)–C–C–N with tert-alkyl or cyclic N) is 1. The van der Waals surface area contributed by atoms with Crippen molar-refractivity contribution < 1.29 is 23.1 Å². The van der Waals surface area contributed by atoms with Crippen molar-refractivity contribution in [1.82, 2.24) is 14.2 Å². The number of amides is 1. The van der Waals surface area contributed by atoms with Gasteiger partial charge in [-0.3, -0.25) is 14.7 Å². The van der Waals surface area contributed by atoms with E-state index in [4.69, 9.17) is 10.5 Å². The monoisotopic (exact) mass is 484 g/mol. The number of ether oxygens (including phenoxy) is 1. The second-order valence-electron chi connectivity index (χ2n) is 8.37. The summed E-state index contributed by atoms with van der Waals surface area (Å²) >= 11 is 0. The molecule has 3 N–H and O–H groups in total. The van der Waals surface area contributed by atoms with Gasteiger partial charge in [0.1, 0.15) is 10.6 Å². The Hall–Kier alpha value is -3.05. The number of carbonyl (C=O) groups excluding carboxylic acids is 1. The van der Waals surface area contributed by atoms with Crippen molar-refractivity contribution in [2.75, 3.05) is 33.3 Å². The zero-order valence-corrected chi connectivity index (χ0v) is 19.7. The first-order chi connectivity index (χ1) is 16.3. The van der Waals surface area contributed by atoms with E-state index in [1.54, 1.807) is 19.2 Å². The highest BCUT2D eigenvalue weighted by atomic mass is 32.2. The van der Waals surface area contributed by atoms with E-state index in [1.807, 2.05) is 30.3 Å². The molecule has 180 valence electrons. The largest absolute Gasteiger partial charge is 0.483 e. The van der Waals surface area contributed by atoms with E-state index in [0.29, 0.717) is 37.2 Å². The average Bonchev–Trinajstić information content (AvgIpc) is 3.25. The Morgan fingerprint density at radius 3 is 2.68 bits per heavy atom. The Morgan fingerprint density at radius 1 is 1.24 bits per heavy atom. The number of fused-ring (bicyclic) bond motifs is 1. The summed E-state index contributed by atoms with van der Waals surface area (Å²) < 4.78 is 34.6. The highest BCUT2D eigenvalue weighted by Crippen LogP contribution is 2.34. The van der Waals surface area contributed by atoms with Crippen LogP contribution in [0.25, 0.3) is 10.9 Å². The van der Waals surface area contributed by atoms with Crippen molar-refractivity contribution in [2.45, 2.75) is 23.5 Å². The molecule has 0 radical (unpaired) electrons. The van der Waals surface area contributed by atoms with Gasteiger partial charge in [0, 0.05) is 38.3 Å². The molecule has 9 nitrogen and oxygen atoms in total. The van der Waals surface area contributed by atoms with Crippen LogP contribution in [0, 0.1) is 0 Å². The number of likely N-dealkylation sites (tertiary alicyclic amines) is 1. The number of nitrogens with zero attached hydrogens (tertiary/aromatic N) is 3. The highest BCUT2D eigenvalue weighted by Gasteiger charge is 2.34. The SMILES string of the molecule is CN([C@H](CN1CC[C@H](O)C1)c1ccccc1)S(=O)(=O)c1ccc(OCC(N)=O)c2cccnc12. The Bertz CT molecular complexity index is 1270. The van der Waals surface area contributed by atoms with Crippen molar-refractivity contribution in [3.05, 3.63) is 66.4 Å². The van der Waals surface area contributed by atoms with E-state index in [1.165, 1.54) is 22.6 Å². The van der Waals surface area contributed by atoms with Crippen molar-refractivity contribution in [3.8, 4) is 5.75 Å². The van der Waals surface area contributed by atoms with Crippen molar-refractivity contribution in [1.29, 1.82) is 0 Å². The molecule has 0 aliphatic carbocycles. The number of aromatic nitrogens is 1. The number of rotatable bonds is 9. The summed E-state index contributed by atoms with van der Waals surface area (Å²) in [5.74, 6) is -0.305. The molecular formula is C24H28N4O5S. The first-order valence-electron chi connectivity index (χ1n) is 11.0. The molecule has 0 unspecified atom stereocenters. The zero-order valence-electron chi connectivity index (χ0n) is 18.9. The molecule has 2 heterocycles. The number of hydrogen-bond donors (Lipinski definition) is 2. The smallest absolute Gasteiger partial charge is 0.255 e. The maximum Gasteiger partial charge on any atom is 0.255 e. The summed E-state index contributed by atoms with van der Waals surface area (Å²) in [6.45, 7) is 1.33. The van der Waals surface area contributed by atoms with Crippen molar-refractivity contribution >= 4 is 26.8 Å². The van der Waals surface area contributed by atoms with Crippen LogP contribution in [0.2, 0.25) is 0 Å². The van der Waals surface area contributed by atoms with E-state index in [-0.39, 0.29) is 17.0 Å². The molecule has 0 saturated carbocycles. The van der Waals surface area contributed by atoms with Gasteiger partial charge in [0.25, 0.3) is 5.91 Å². The quantitative estimate of drug-likeness (QED) is 0.472. The van der Waals surface area contributed by atoms with Crippen molar-refractivity contribution in [3.63, 3.8) is 0 Å². The summed E-state index contributed by atoms with van der Waals surface area (Å²) in [5.41, 5.74) is 6.29. The third kappa shape index (κ3) is 5.05. The number of pyridine rings is 1. The van der Waals surface area contributed by atoms with Gasteiger partial charge in [-0.2, -0.15) is 4.31 Å². The van der Waals surface area contributed by atoms with Crippen molar-refractivity contribution in [2.24, 2.45) is 5.73 Å². The molecule has 10 heteroatoms. The summed E-state index contributed by atoms with van der Waals surface area (Å²) in [5, 5.41) is 10.4. The summed E-state index contributed by atoms with van der Waals surface area (Å²) in [6, 6.07) is 15.3. The molecule has 1 aliphatic rings. The van der Waals surface area contributed by atoms with Gasteiger partial charge < -0.3 is 15.6 Å². The van der Waals surface area contributed by atoms with Gasteiger partial charge in [0.05, 0.1) is 17.7 Å². The van der Waals surface area contributed by atoms with Gasteiger partial charge in [-0.1, -0.05) is 30.3 Å². The molecule has 1 aromatic heterocycles. The Balaban J connectivity index is 1.73. The lowest BCUT2D eigenvalue weighted by molar-refractivity contribution is -0.119. The number of sulfonamides is 1. The molecule has 1 amide bonds. The Kier molecular flexibility index (Phi) is 7.13. The molecule has 34 heavy (non-hydrogen) atoms. The number of aliphatic hydroxyl groups excluding tert-OH is 1. The van der Waals surface area contributed by atoms with Crippen LogP contribution < -0.4 is 10.5 Å². The van der Waals surface area contributed by atoms with E-state index in [2.05, 4.69) is 9.88 Å². The lowest BCUT2D eigenvalue weighted by Crippen LogP contribution is -2.39. The molecule has 0 bridgehead atoms. The van der Waals surface area contributed by atoms with E-state index in [0.717, 1.165) is 5.56 Å². The predicted octanol–water partition coefficient (Wildman–Crippen LogP) is 1.53. The van der Waals surface area contributed by atoms with Gasteiger partial charge in [-0.25, -0.2) is 8.42 Å². The minimum Gasteiger partial charge on any atom is -0.483 e. The third-order valence-corrected chi connectivity index (χ3v) is 7.92. The molecule has 0 spiro atoms. The number of aliphatic hydroxyl groups is 1. The van der Waals surface area contributed by atoms with Crippen LogP contribution in [0.15, 0.2) is 65.7 Å². The lowest BCUT2D eigenvalue weighted by atomic mass is 10.1. The summed E-state index contributed by atoms with van der Waals surface area (Å²) in [7, 11) is -2.42. The Morgan fingerprint density at radius 2 is 2.00 bits per heavy atom. The minimum absolute atomic E-state index is 0.0411. The molecule has 4 rings (SSSR count). The van der Waals surface area contributed by atoms with Gasteiger partial charge in [-0.05, 0) is 36.2 Å². The number of carbonyl (C=O) groups is 1. The number of nitrogens with two attached hydrogens (primary N) is 1. The molecule has 3 aromatic rings. The van der Waals surface area contributed by atoms with E-state index >= 15 is 0 Å². The molecule has 2 aromatic carbocycles. The van der Waals surface area contributed by atoms with Gasteiger partial charge in [0.15, 0.2) is 6.61 Å². The van der Waals surface area contributed by atoms with Crippen LogP contribution in [0.1, 0.15) is 18.0 Å². The number of likely N-dealkylation sites (N-methyl/N-ethyl adjacent to an activating group) is 1. The molecular weight excluding hydrogens is 456 g/mol. The van der Waals surface area contributed by atoms with Crippen LogP contribution in [-0.2, 0) is 14.8 Å². The lowest BCUT2D eigenvalue weighted by Gasteiger charge is -2.31. The fourth-order valence-electron chi connectivity index (χ4n) is 4.25. The Labute approximate surface area is 198 Å². The van der Waals surface area contributed by atoms with E-state index in [9.17, 15) is 18.3 Å². The van der Waals surface area contributed by atoms with Crippen LogP contribution in [0.5, 0.6) is 5.75 Å². The molecule has 1 fully saturated rings. The van der Waals surface area contributed by atoms with Gasteiger partial charge >= 0.3 is 0 Å². The first-order valence-corrected chi connectivity index (χ1v) is 12.4. The fraction of sp³-hybridized carbons (Fsp3) is 0.333. The molecule has 1 saturated heterocycles. The summed E-state index contributed by atoms with van der Waals surface area (Å²) in [6.07, 6.45) is 1.78.